The Kier molecular flexibility index (Phi) is 5.18. The summed E-state index contributed by atoms with van der Waals surface area (Å²) in [5, 5.41) is 11.1. The summed E-state index contributed by atoms with van der Waals surface area (Å²) >= 11 is 0. The lowest BCUT2D eigenvalue weighted by molar-refractivity contribution is 0.601. The van der Waals surface area contributed by atoms with E-state index in [4.69, 9.17) is 0 Å². The second kappa shape index (κ2) is 7.53. The predicted molar refractivity (Wildman–Crippen MR) is 103 cm³/mol. The van der Waals surface area contributed by atoms with Crippen LogP contribution in [0.4, 0.5) is 17.3 Å². The van der Waals surface area contributed by atoms with E-state index in [1.54, 1.807) is 30.3 Å². The number of benzene rings is 2. The van der Waals surface area contributed by atoms with Crippen molar-refractivity contribution in [2.24, 2.45) is 0 Å². The number of sulfonamides is 1. The molecule has 3 aromatic rings. The van der Waals surface area contributed by atoms with Gasteiger partial charge in [-0.2, -0.15) is 0 Å². The molecule has 3 rings (SSSR count). The number of rotatable bonds is 6. The molecule has 0 aliphatic heterocycles. The van der Waals surface area contributed by atoms with Crippen LogP contribution in [0.25, 0.3) is 0 Å². The van der Waals surface area contributed by atoms with E-state index in [9.17, 15) is 8.42 Å². The van der Waals surface area contributed by atoms with Gasteiger partial charge in [0.05, 0.1) is 4.90 Å². The second-order valence-electron chi connectivity index (χ2n) is 6.12. The van der Waals surface area contributed by atoms with Gasteiger partial charge in [-0.15, -0.1) is 10.2 Å². The molecule has 1 aromatic heterocycles. The minimum atomic E-state index is -3.67. The van der Waals surface area contributed by atoms with Gasteiger partial charge in [0.15, 0.2) is 11.6 Å². The van der Waals surface area contributed by atoms with Gasteiger partial charge in [-0.3, -0.25) is 4.72 Å². The molecule has 26 heavy (non-hydrogen) atoms. The minimum absolute atomic E-state index is 0.162. The van der Waals surface area contributed by atoms with Crippen molar-refractivity contribution < 1.29 is 8.42 Å². The molecule has 0 aliphatic rings. The highest BCUT2D eigenvalue weighted by atomic mass is 32.2. The van der Waals surface area contributed by atoms with Crippen LogP contribution < -0.4 is 10.0 Å². The summed E-state index contributed by atoms with van der Waals surface area (Å²) in [5.41, 5.74) is 2.15. The van der Waals surface area contributed by atoms with Crippen LogP contribution in [-0.2, 0) is 10.0 Å². The van der Waals surface area contributed by atoms with Crippen LogP contribution in [0, 0.1) is 0 Å². The van der Waals surface area contributed by atoms with Gasteiger partial charge < -0.3 is 5.32 Å². The van der Waals surface area contributed by atoms with Gasteiger partial charge in [-0.1, -0.05) is 44.2 Å². The molecule has 6 nitrogen and oxygen atoms in total. The lowest BCUT2D eigenvalue weighted by Crippen LogP contribution is -2.14. The van der Waals surface area contributed by atoms with E-state index in [2.05, 4.69) is 46.2 Å². The monoisotopic (exact) mass is 368 g/mol. The Morgan fingerprint density at radius 3 is 2.00 bits per heavy atom. The third-order valence-corrected chi connectivity index (χ3v) is 5.18. The Morgan fingerprint density at radius 2 is 1.42 bits per heavy atom. The first kappa shape index (κ1) is 17.9. The fourth-order valence-electron chi connectivity index (χ4n) is 2.35. The highest BCUT2D eigenvalue weighted by Crippen LogP contribution is 2.20. The van der Waals surface area contributed by atoms with E-state index < -0.39 is 10.0 Å². The summed E-state index contributed by atoms with van der Waals surface area (Å²) in [7, 11) is -3.67. The van der Waals surface area contributed by atoms with Crippen LogP contribution in [-0.4, -0.2) is 18.6 Å². The van der Waals surface area contributed by atoms with Gasteiger partial charge in [0, 0.05) is 5.69 Å². The van der Waals surface area contributed by atoms with Gasteiger partial charge in [-0.25, -0.2) is 8.42 Å². The molecule has 0 bridgehead atoms. The zero-order chi connectivity index (χ0) is 18.6. The first-order valence-electron chi connectivity index (χ1n) is 8.22. The maximum atomic E-state index is 12.3. The van der Waals surface area contributed by atoms with Crippen molar-refractivity contribution in [2.75, 3.05) is 10.0 Å². The quantitative estimate of drug-likeness (QED) is 0.683. The molecule has 7 heteroatoms. The molecular formula is C19H20N4O2S. The maximum Gasteiger partial charge on any atom is 0.263 e. The molecule has 0 aliphatic carbocycles. The molecule has 134 valence electrons. The fraction of sp³-hybridized carbons (Fsp3) is 0.158. The van der Waals surface area contributed by atoms with E-state index >= 15 is 0 Å². The van der Waals surface area contributed by atoms with Crippen molar-refractivity contribution in [3.05, 3.63) is 72.3 Å². The molecule has 1 heterocycles. The average molecular weight is 368 g/mol. The average Bonchev–Trinajstić information content (AvgIpc) is 2.64. The SMILES string of the molecule is CC(C)c1ccc(Nc2ccc(NS(=O)(=O)c3ccccc3)nn2)cc1. The molecule has 0 radical (unpaired) electrons. The predicted octanol–water partition coefficient (Wildman–Crippen LogP) is 4.14. The lowest BCUT2D eigenvalue weighted by atomic mass is 10.0. The second-order valence-corrected chi connectivity index (χ2v) is 7.81. The molecule has 2 aromatic carbocycles. The van der Waals surface area contributed by atoms with E-state index in [0.717, 1.165) is 5.69 Å². The Labute approximate surface area is 153 Å². The highest BCUT2D eigenvalue weighted by Gasteiger charge is 2.14. The molecule has 2 N–H and O–H groups in total. The van der Waals surface area contributed by atoms with Crippen LogP contribution in [0.2, 0.25) is 0 Å². The Morgan fingerprint density at radius 1 is 0.808 bits per heavy atom. The van der Waals surface area contributed by atoms with Crippen LogP contribution in [0.3, 0.4) is 0 Å². The maximum absolute atomic E-state index is 12.3. The van der Waals surface area contributed by atoms with Crippen molar-refractivity contribution in [3.8, 4) is 0 Å². The van der Waals surface area contributed by atoms with Gasteiger partial charge >= 0.3 is 0 Å². The van der Waals surface area contributed by atoms with E-state index in [1.165, 1.54) is 17.7 Å². The zero-order valence-electron chi connectivity index (χ0n) is 14.5. The third kappa shape index (κ3) is 4.37. The first-order chi connectivity index (χ1) is 12.4. The summed E-state index contributed by atoms with van der Waals surface area (Å²) in [6.45, 7) is 4.28. The van der Waals surface area contributed by atoms with E-state index in [1.807, 2.05) is 12.1 Å². The molecule has 0 saturated heterocycles. The summed E-state index contributed by atoms with van der Waals surface area (Å²) < 4.78 is 27.0. The van der Waals surface area contributed by atoms with Gasteiger partial charge in [0.25, 0.3) is 10.0 Å². The molecule has 0 fully saturated rings. The van der Waals surface area contributed by atoms with Crippen LogP contribution in [0.5, 0.6) is 0 Å². The number of aromatic nitrogens is 2. The summed E-state index contributed by atoms with van der Waals surface area (Å²) in [6.07, 6.45) is 0. The van der Waals surface area contributed by atoms with E-state index in [0.29, 0.717) is 11.7 Å². The number of hydrogen-bond acceptors (Lipinski definition) is 5. The van der Waals surface area contributed by atoms with Crippen molar-refractivity contribution in [2.45, 2.75) is 24.7 Å². The van der Waals surface area contributed by atoms with Gasteiger partial charge in [0.2, 0.25) is 0 Å². The van der Waals surface area contributed by atoms with Crippen molar-refractivity contribution in [1.29, 1.82) is 0 Å². The van der Waals surface area contributed by atoms with E-state index in [-0.39, 0.29) is 10.7 Å². The number of anilines is 3. The molecule has 0 spiro atoms. The Balaban J connectivity index is 1.69. The molecule has 0 saturated carbocycles. The lowest BCUT2D eigenvalue weighted by Gasteiger charge is -2.09. The Hall–Kier alpha value is -2.93. The number of nitrogens with one attached hydrogen (secondary N) is 2. The van der Waals surface area contributed by atoms with Crippen LogP contribution in [0.15, 0.2) is 71.6 Å². The summed E-state index contributed by atoms with van der Waals surface area (Å²) in [6, 6.07) is 19.4. The first-order valence-corrected chi connectivity index (χ1v) is 9.71. The number of nitrogens with zero attached hydrogens (tertiary/aromatic N) is 2. The molecular weight excluding hydrogens is 348 g/mol. The van der Waals surface area contributed by atoms with Gasteiger partial charge in [-0.05, 0) is 47.9 Å². The largest absolute Gasteiger partial charge is 0.339 e. The highest BCUT2D eigenvalue weighted by molar-refractivity contribution is 7.92. The molecule has 0 amide bonds. The van der Waals surface area contributed by atoms with Crippen LogP contribution in [0.1, 0.15) is 25.3 Å². The van der Waals surface area contributed by atoms with Gasteiger partial charge in [0.1, 0.15) is 0 Å². The number of hydrogen-bond donors (Lipinski definition) is 2. The minimum Gasteiger partial charge on any atom is -0.339 e. The Bertz CT molecular complexity index is 955. The summed E-state index contributed by atoms with van der Waals surface area (Å²) in [5.74, 6) is 1.17. The third-order valence-electron chi connectivity index (χ3n) is 3.81. The summed E-state index contributed by atoms with van der Waals surface area (Å²) in [4.78, 5) is 0.175. The van der Waals surface area contributed by atoms with Crippen molar-refractivity contribution >= 4 is 27.3 Å². The van der Waals surface area contributed by atoms with Crippen molar-refractivity contribution in [1.82, 2.24) is 10.2 Å². The normalized spacial score (nSPS) is 11.3. The zero-order valence-corrected chi connectivity index (χ0v) is 15.4. The standard InChI is InChI=1S/C19H20N4O2S/c1-14(2)15-8-10-16(11-9-15)20-18-12-13-19(22-21-18)23-26(24,25)17-6-4-3-5-7-17/h3-14H,1-2H3,(H,20,21)(H,22,23). The fourth-order valence-corrected chi connectivity index (χ4v) is 3.37. The topological polar surface area (TPSA) is 84.0 Å². The smallest absolute Gasteiger partial charge is 0.263 e. The van der Waals surface area contributed by atoms with Crippen molar-refractivity contribution in [3.63, 3.8) is 0 Å². The van der Waals surface area contributed by atoms with Crippen LogP contribution >= 0.6 is 0 Å². The molecule has 0 unspecified atom stereocenters. The molecule has 0 atom stereocenters.